The SMILES string of the molecule is Cc1ncsc1-c1ccc(CCNC(=O)[C@@H]2C[C@H](O)CN2C(=O)[C@H](c2cc(N3CCC(C=O)CC3)no2)C(C)C)cc1. The predicted molar refractivity (Wildman–Crippen MR) is 160 cm³/mol. The molecule has 2 aliphatic rings. The van der Waals surface area contributed by atoms with Gasteiger partial charge in [0.1, 0.15) is 18.2 Å². The molecule has 2 aromatic heterocycles. The molecule has 3 atom stereocenters. The van der Waals surface area contributed by atoms with Gasteiger partial charge in [-0.15, -0.1) is 11.3 Å². The van der Waals surface area contributed by atoms with Crippen LogP contribution in [0.1, 0.15) is 56.0 Å². The molecule has 1 aromatic carbocycles. The molecule has 3 aromatic rings. The Morgan fingerprint density at radius 2 is 1.95 bits per heavy atom. The van der Waals surface area contributed by atoms with Crippen molar-refractivity contribution in [1.82, 2.24) is 20.4 Å². The van der Waals surface area contributed by atoms with Gasteiger partial charge in [-0.3, -0.25) is 9.59 Å². The summed E-state index contributed by atoms with van der Waals surface area (Å²) < 4.78 is 5.68. The molecule has 5 rings (SSSR count). The molecule has 2 saturated heterocycles. The second kappa shape index (κ2) is 13.2. The fraction of sp³-hybridized carbons (Fsp3) is 0.516. The molecule has 2 N–H and O–H groups in total. The van der Waals surface area contributed by atoms with Crippen LogP contribution in [0, 0.1) is 18.8 Å². The smallest absolute Gasteiger partial charge is 0.242 e. The van der Waals surface area contributed by atoms with Crippen LogP contribution in [0.4, 0.5) is 5.82 Å². The maximum Gasteiger partial charge on any atom is 0.242 e. The number of aliphatic hydroxyl groups is 1. The minimum atomic E-state index is -0.773. The second-order valence-corrected chi connectivity index (χ2v) is 12.5. The number of anilines is 1. The lowest BCUT2D eigenvalue weighted by Gasteiger charge is -2.29. The lowest BCUT2D eigenvalue weighted by molar-refractivity contribution is -0.140. The summed E-state index contributed by atoms with van der Waals surface area (Å²) >= 11 is 1.61. The van der Waals surface area contributed by atoms with E-state index < -0.39 is 18.1 Å². The van der Waals surface area contributed by atoms with Crippen LogP contribution < -0.4 is 10.2 Å². The van der Waals surface area contributed by atoms with E-state index in [9.17, 15) is 19.5 Å². The molecule has 0 saturated carbocycles. The van der Waals surface area contributed by atoms with Gasteiger partial charge >= 0.3 is 0 Å². The molecule has 2 aliphatic heterocycles. The van der Waals surface area contributed by atoms with Crippen LogP contribution in [0.15, 0.2) is 40.4 Å². The molecule has 0 aliphatic carbocycles. The number of β-amino-alcohol motifs (C(OH)–C–C–N with tert-alkyl or cyclic N) is 1. The number of hydrogen-bond acceptors (Lipinski definition) is 9. The molecular weight excluding hydrogens is 554 g/mol. The van der Waals surface area contributed by atoms with E-state index in [4.69, 9.17) is 4.52 Å². The Labute approximate surface area is 250 Å². The van der Waals surface area contributed by atoms with E-state index in [1.807, 2.05) is 26.3 Å². The molecule has 2 fully saturated rings. The summed E-state index contributed by atoms with van der Waals surface area (Å²) in [6.07, 6.45) is 2.61. The van der Waals surface area contributed by atoms with Crippen LogP contribution in [0.5, 0.6) is 0 Å². The quantitative estimate of drug-likeness (QED) is 0.342. The number of piperidine rings is 1. The summed E-state index contributed by atoms with van der Waals surface area (Å²) in [5.41, 5.74) is 5.07. The molecule has 11 heteroatoms. The third-order valence-corrected chi connectivity index (χ3v) is 9.33. The van der Waals surface area contributed by atoms with Crippen molar-refractivity contribution in [3.8, 4) is 10.4 Å². The Kier molecular flexibility index (Phi) is 9.37. The van der Waals surface area contributed by atoms with Gasteiger partial charge in [-0.25, -0.2) is 4.98 Å². The summed E-state index contributed by atoms with van der Waals surface area (Å²) in [5.74, 6) is -0.105. The van der Waals surface area contributed by atoms with Crippen molar-refractivity contribution in [3.05, 3.63) is 52.9 Å². The van der Waals surface area contributed by atoms with Crippen LogP contribution in [-0.2, 0) is 20.8 Å². The fourth-order valence-electron chi connectivity index (χ4n) is 5.91. The van der Waals surface area contributed by atoms with E-state index >= 15 is 0 Å². The number of amides is 2. The highest BCUT2D eigenvalue weighted by Gasteiger charge is 2.43. The predicted octanol–water partition coefficient (Wildman–Crippen LogP) is 3.58. The Balaban J connectivity index is 1.20. The summed E-state index contributed by atoms with van der Waals surface area (Å²) in [6.45, 7) is 7.78. The monoisotopic (exact) mass is 593 g/mol. The van der Waals surface area contributed by atoms with E-state index in [0.717, 1.165) is 40.8 Å². The van der Waals surface area contributed by atoms with Crippen molar-refractivity contribution in [3.63, 3.8) is 0 Å². The third kappa shape index (κ3) is 6.57. The highest BCUT2D eigenvalue weighted by atomic mass is 32.1. The van der Waals surface area contributed by atoms with Crippen molar-refractivity contribution >= 4 is 35.3 Å². The fourth-order valence-corrected chi connectivity index (χ4v) is 6.72. The van der Waals surface area contributed by atoms with Crippen LogP contribution >= 0.6 is 11.3 Å². The zero-order valence-corrected chi connectivity index (χ0v) is 25.2. The minimum absolute atomic E-state index is 0.0707. The van der Waals surface area contributed by atoms with E-state index in [1.54, 1.807) is 17.4 Å². The average Bonchev–Trinajstić information content (AvgIpc) is 3.73. The number of aldehydes is 1. The maximum absolute atomic E-state index is 13.9. The van der Waals surface area contributed by atoms with Gasteiger partial charge in [-0.1, -0.05) is 43.3 Å². The second-order valence-electron chi connectivity index (χ2n) is 11.7. The Morgan fingerprint density at radius 3 is 2.60 bits per heavy atom. The number of carbonyl (C=O) groups excluding carboxylic acids is 3. The maximum atomic E-state index is 13.9. The van der Waals surface area contributed by atoms with Gasteiger partial charge in [0.25, 0.3) is 0 Å². The first-order valence-electron chi connectivity index (χ1n) is 14.7. The minimum Gasteiger partial charge on any atom is -0.391 e. The molecule has 0 radical (unpaired) electrons. The van der Waals surface area contributed by atoms with Gasteiger partial charge in [0.05, 0.1) is 22.2 Å². The summed E-state index contributed by atoms with van der Waals surface area (Å²) in [6, 6.07) is 9.29. The Morgan fingerprint density at radius 1 is 1.21 bits per heavy atom. The van der Waals surface area contributed by atoms with Crippen molar-refractivity contribution in [2.24, 2.45) is 11.8 Å². The lowest BCUT2D eigenvalue weighted by Crippen LogP contribution is -2.48. The molecule has 0 bridgehead atoms. The van der Waals surface area contributed by atoms with Gasteiger partial charge in [-0.05, 0) is 43.2 Å². The number of aromatic nitrogens is 2. The number of aliphatic hydroxyl groups excluding tert-OH is 1. The van der Waals surface area contributed by atoms with Gasteiger partial charge < -0.3 is 29.5 Å². The lowest BCUT2D eigenvalue weighted by atomic mass is 9.91. The number of aryl methyl sites for hydroxylation is 1. The number of carbonyl (C=O) groups is 3. The summed E-state index contributed by atoms with van der Waals surface area (Å²) in [5, 5.41) is 17.7. The van der Waals surface area contributed by atoms with E-state index in [2.05, 4.69) is 44.6 Å². The number of rotatable bonds is 10. The summed E-state index contributed by atoms with van der Waals surface area (Å²) in [7, 11) is 0. The number of nitrogens with zero attached hydrogens (tertiary/aromatic N) is 4. The van der Waals surface area contributed by atoms with E-state index in [1.165, 1.54) is 4.90 Å². The van der Waals surface area contributed by atoms with Crippen molar-refractivity contribution in [2.45, 2.75) is 64.5 Å². The number of thiazole rings is 1. The van der Waals surface area contributed by atoms with Crippen LogP contribution in [0.2, 0.25) is 0 Å². The van der Waals surface area contributed by atoms with Gasteiger partial charge in [0.2, 0.25) is 11.8 Å². The van der Waals surface area contributed by atoms with Crippen molar-refractivity contribution < 1.29 is 24.0 Å². The van der Waals surface area contributed by atoms with E-state index in [-0.39, 0.29) is 36.6 Å². The van der Waals surface area contributed by atoms with E-state index in [0.29, 0.717) is 37.6 Å². The van der Waals surface area contributed by atoms with Gasteiger partial charge in [0.15, 0.2) is 11.6 Å². The van der Waals surface area contributed by atoms with Gasteiger partial charge in [-0.2, -0.15) is 0 Å². The zero-order chi connectivity index (χ0) is 29.8. The standard InChI is InChI=1S/C31H39N5O5S/c1-19(2)28(26-15-27(34-41-26)35-12-9-22(17-37)10-13-35)31(40)36-16-24(38)14-25(36)30(39)32-11-8-21-4-6-23(7-5-21)29-20(3)33-18-42-29/h4-7,15,17-19,22,24-25,28,38H,8-14,16H2,1-3H3,(H,32,39)/t24-,25-,28-/m0/s1. The Hall–Kier alpha value is -3.57. The first-order valence-corrected chi connectivity index (χ1v) is 15.6. The highest BCUT2D eigenvalue weighted by molar-refractivity contribution is 7.13. The molecule has 10 nitrogen and oxygen atoms in total. The topological polar surface area (TPSA) is 129 Å². The normalized spacial score (nSPS) is 20.2. The van der Waals surface area contributed by atoms with Crippen LogP contribution in [-0.4, -0.2) is 76.6 Å². The average molecular weight is 594 g/mol. The molecular formula is C31H39N5O5S. The number of benzene rings is 1. The van der Waals surface area contributed by atoms with Crippen molar-refractivity contribution in [1.29, 1.82) is 0 Å². The molecule has 2 amide bonds. The summed E-state index contributed by atoms with van der Waals surface area (Å²) in [4.78, 5) is 47.2. The van der Waals surface area contributed by atoms with Crippen LogP contribution in [0.25, 0.3) is 10.4 Å². The molecule has 4 heterocycles. The first-order chi connectivity index (χ1) is 20.2. The first kappa shape index (κ1) is 29.9. The number of hydrogen-bond donors (Lipinski definition) is 2. The largest absolute Gasteiger partial charge is 0.391 e. The molecule has 224 valence electrons. The molecule has 0 spiro atoms. The number of nitrogens with one attached hydrogen (secondary N) is 1. The third-order valence-electron chi connectivity index (χ3n) is 8.35. The van der Waals surface area contributed by atoms with Crippen LogP contribution in [0.3, 0.4) is 0 Å². The molecule has 42 heavy (non-hydrogen) atoms. The van der Waals surface area contributed by atoms with Gasteiger partial charge in [0, 0.05) is 44.6 Å². The molecule has 0 unspecified atom stereocenters. The zero-order valence-electron chi connectivity index (χ0n) is 24.4. The van der Waals surface area contributed by atoms with Crippen molar-refractivity contribution in [2.75, 3.05) is 31.1 Å². The number of likely N-dealkylation sites (tertiary alicyclic amines) is 1. The highest BCUT2D eigenvalue weighted by Crippen LogP contribution is 2.33. The Bertz CT molecular complexity index is 1380.